The molecule has 0 saturated carbocycles. The van der Waals surface area contributed by atoms with Gasteiger partial charge < -0.3 is 5.32 Å². The van der Waals surface area contributed by atoms with Gasteiger partial charge in [-0.05, 0) is 55.5 Å². The normalized spacial score (nSPS) is 15.1. The topological polar surface area (TPSA) is 35.8 Å². The van der Waals surface area contributed by atoms with Crippen LogP contribution in [-0.2, 0) is 12.8 Å². The minimum atomic E-state index is -0.0387. The Morgan fingerprint density at radius 3 is 3.00 bits per heavy atom. The molecule has 0 radical (unpaired) electrons. The molecule has 0 amide bonds. The van der Waals surface area contributed by atoms with Crippen LogP contribution in [0.2, 0.25) is 0 Å². The average molecular weight is 260 g/mol. The Balaban J connectivity index is 1.88. The van der Waals surface area contributed by atoms with Gasteiger partial charge in [-0.1, -0.05) is 13.0 Å². The van der Waals surface area contributed by atoms with Gasteiger partial charge >= 0.3 is 0 Å². The van der Waals surface area contributed by atoms with E-state index >= 15 is 0 Å². The van der Waals surface area contributed by atoms with Crippen molar-refractivity contribution in [3.63, 3.8) is 0 Å². The molecule has 18 heavy (non-hydrogen) atoms. The van der Waals surface area contributed by atoms with E-state index in [1.165, 1.54) is 35.3 Å². The largest absolute Gasteiger partial charge is 0.301 e. The number of thioether (sulfide) groups is 1. The van der Waals surface area contributed by atoms with Crippen molar-refractivity contribution in [2.75, 3.05) is 12.3 Å². The fourth-order valence-corrected chi connectivity index (χ4v) is 3.22. The van der Waals surface area contributed by atoms with E-state index in [1.54, 1.807) is 11.8 Å². The lowest BCUT2D eigenvalue weighted by atomic mass is 10.1. The molecule has 1 aliphatic carbocycles. The Labute approximate surface area is 114 Å². The number of nitrogens with one attached hydrogen (secondary N) is 1. The molecule has 1 aromatic carbocycles. The average Bonchev–Trinajstić information content (AvgIpc) is 2.86. The first-order chi connectivity index (χ1) is 8.83. The smallest absolute Gasteiger partial charge is 0.105 e. The van der Waals surface area contributed by atoms with Gasteiger partial charge in [0.1, 0.15) is 6.04 Å². The molecule has 1 aromatic rings. The summed E-state index contributed by atoms with van der Waals surface area (Å²) < 4.78 is 0. The number of hydrogen-bond donors (Lipinski definition) is 1. The number of rotatable bonds is 6. The Bertz CT molecular complexity index is 437. The van der Waals surface area contributed by atoms with Gasteiger partial charge in [-0.15, -0.1) is 11.8 Å². The first-order valence-electron chi connectivity index (χ1n) is 6.71. The lowest BCUT2D eigenvalue weighted by Gasteiger charge is -2.10. The molecule has 0 spiro atoms. The molecule has 1 N–H and O–H groups in total. The third-order valence-electron chi connectivity index (χ3n) is 3.28. The highest BCUT2D eigenvalue weighted by Gasteiger charge is 2.12. The minimum absolute atomic E-state index is 0.0387. The van der Waals surface area contributed by atoms with E-state index in [2.05, 4.69) is 36.5 Å². The van der Waals surface area contributed by atoms with Crippen LogP contribution in [0.1, 0.15) is 30.9 Å². The fourth-order valence-electron chi connectivity index (χ4n) is 2.28. The second-order valence-corrected chi connectivity index (χ2v) is 5.82. The molecule has 1 aliphatic rings. The Morgan fingerprint density at radius 2 is 2.22 bits per heavy atom. The zero-order valence-corrected chi connectivity index (χ0v) is 11.7. The van der Waals surface area contributed by atoms with Gasteiger partial charge in [-0.3, -0.25) is 0 Å². The van der Waals surface area contributed by atoms with Crippen LogP contribution in [0.4, 0.5) is 0 Å². The summed E-state index contributed by atoms with van der Waals surface area (Å²) in [5.41, 5.74) is 3.02. The zero-order chi connectivity index (χ0) is 12.8. The molecule has 1 atom stereocenters. The van der Waals surface area contributed by atoms with Crippen molar-refractivity contribution in [2.24, 2.45) is 0 Å². The standard InChI is InChI=1S/C15H20N2S/c1-2-8-17-14(10-16)11-18-15-7-6-12-4-3-5-13(12)9-15/h6-7,9,14,17H,2-5,8,11H2,1H3. The van der Waals surface area contributed by atoms with Crippen LogP contribution in [0.25, 0.3) is 0 Å². The molecular weight excluding hydrogens is 240 g/mol. The van der Waals surface area contributed by atoms with Crippen LogP contribution in [0.15, 0.2) is 23.1 Å². The molecular formula is C15H20N2S. The summed E-state index contributed by atoms with van der Waals surface area (Å²) in [4.78, 5) is 1.30. The summed E-state index contributed by atoms with van der Waals surface area (Å²) in [5, 5.41) is 12.3. The number of aryl methyl sites for hydroxylation is 2. The molecule has 0 saturated heterocycles. The number of nitrogens with zero attached hydrogens (tertiary/aromatic N) is 1. The van der Waals surface area contributed by atoms with Crippen molar-refractivity contribution < 1.29 is 0 Å². The molecule has 3 heteroatoms. The number of hydrogen-bond acceptors (Lipinski definition) is 3. The first-order valence-corrected chi connectivity index (χ1v) is 7.69. The zero-order valence-electron chi connectivity index (χ0n) is 10.9. The molecule has 2 nitrogen and oxygen atoms in total. The SMILES string of the molecule is CCCNC(C#N)CSc1ccc2c(c1)CCC2. The highest BCUT2D eigenvalue weighted by Crippen LogP contribution is 2.27. The summed E-state index contributed by atoms with van der Waals surface area (Å²) in [7, 11) is 0. The van der Waals surface area contributed by atoms with Crippen LogP contribution in [0.5, 0.6) is 0 Å². The van der Waals surface area contributed by atoms with Crippen molar-refractivity contribution in [1.82, 2.24) is 5.32 Å². The van der Waals surface area contributed by atoms with E-state index in [0.29, 0.717) is 0 Å². The van der Waals surface area contributed by atoms with Crippen LogP contribution in [-0.4, -0.2) is 18.3 Å². The van der Waals surface area contributed by atoms with Gasteiger partial charge in [0.15, 0.2) is 0 Å². The summed E-state index contributed by atoms with van der Waals surface area (Å²) in [6, 6.07) is 9.05. The first kappa shape index (κ1) is 13.5. The second-order valence-electron chi connectivity index (χ2n) is 4.73. The van der Waals surface area contributed by atoms with E-state index < -0.39 is 0 Å². The van der Waals surface area contributed by atoms with Gasteiger partial charge in [0, 0.05) is 10.6 Å². The quantitative estimate of drug-likeness (QED) is 0.798. The molecule has 1 unspecified atom stereocenters. The predicted octanol–water partition coefficient (Wildman–Crippen LogP) is 3.16. The number of fused-ring (bicyclic) bond motifs is 1. The Kier molecular flexibility index (Phi) is 5.10. The lowest BCUT2D eigenvalue weighted by Crippen LogP contribution is -2.30. The van der Waals surface area contributed by atoms with Crippen molar-refractivity contribution in [1.29, 1.82) is 5.26 Å². The molecule has 2 rings (SSSR count). The monoisotopic (exact) mass is 260 g/mol. The molecule has 0 bridgehead atoms. The predicted molar refractivity (Wildman–Crippen MR) is 76.9 cm³/mol. The fraction of sp³-hybridized carbons (Fsp3) is 0.533. The summed E-state index contributed by atoms with van der Waals surface area (Å²) in [5.74, 6) is 0.829. The van der Waals surface area contributed by atoms with Crippen molar-refractivity contribution in [3.05, 3.63) is 29.3 Å². The number of benzene rings is 1. The van der Waals surface area contributed by atoms with Crippen molar-refractivity contribution in [2.45, 2.75) is 43.5 Å². The van der Waals surface area contributed by atoms with Crippen LogP contribution in [0, 0.1) is 11.3 Å². The van der Waals surface area contributed by atoms with E-state index in [4.69, 9.17) is 5.26 Å². The highest BCUT2D eigenvalue weighted by molar-refractivity contribution is 7.99. The third kappa shape index (κ3) is 3.51. The maximum atomic E-state index is 9.06. The summed E-state index contributed by atoms with van der Waals surface area (Å²) >= 11 is 1.78. The third-order valence-corrected chi connectivity index (χ3v) is 4.37. The van der Waals surface area contributed by atoms with Gasteiger partial charge in [-0.2, -0.15) is 5.26 Å². The van der Waals surface area contributed by atoms with Gasteiger partial charge in [0.05, 0.1) is 6.07 Å². The van der Waals surface area contributed by atoms with Crippen molar-refractivity contribution >= 4 is 11.8 Å². The molecule has 0 heterocycles. The molecule has 0 fully saturated rings. The van der Waals surface area contributed by atoms with E-state index in [9.17, 15) is 0 Å². The second kappa shape index (κ2) is 6.82. The summed E-state index contributed by atoms with van der Waals surface area (Å²) in [6.45, 7) is 3.04. The van der Waals surface area contributed by atoms with Gasteiger partial charge in [0.25, 0.3) is 0 Å². The molecule has 0 aliphatic heterocycles. The highest BCUT2D eigenvalue weighted by atomic mass is 32.2. The lowest BCUT2D eigenvalue weighted by molar-refractivity contribution is 0.637. The minimum Gasteiger partial charge on any atom is -0.301 e. The van der Waals surface area contributed by atoms with Crippen molar-refractivity contribution in [3.8, 4) is 6.07 Å². The summed E-state index contributed by atoms with van der Waals surface area (Å²) in [6.07, 6.45) is 4.82. The van der Waals surface area contributed by atoms with Gasteiger partial charge in [0.2, 0.25) is 0 Å². The van der Waals surface area contributed by atoms with E-state index in [-0.39, 0.29) is 6.04 Å². The Hall–Kier alpha value is -0.980. The van der Waals surface area contributed by atoms with Crippen LogP contribution < -0.4 is 5.32 Å². The van der Waals surface area contributed by atoms with Gasteiger partial charge in [-0.25, -0.2) is 0 Å². The van der Waals surface area contributed by atoms with E-state index in [0.717, 1.165) is 18.7 Å². The molecule has 0 aromatic heterocycles. The van der Waals surface area contributed by atoms with Crippen LogP contribution >= 0.6 is 11.8 Å². The van der Waals surface area contributed by atoms with E-state index in [1.807, 2.05) is 0 Å². The Morgan fingerprint density at radius 1 is 1.39 bits per heavy atom. The molecule has 96 valence electrons. The maximum Gasteiger partial charge on any atom is 0.105 e. The maximum absolute atomic E-state index is 9.06. The van der Waals surface area contributed by atoms with Crippen LogP contribution in [0.3, 0.4) is 0 Å². The number of nitriles is 1.